The van der Waals surface area contributed by atoms with E-state index in [4.69, 9.17) is 0 Å². The Morgan fingerprint density at radius 1 is 0.760 bits per heavy atom. The van der Waals surface area contributed by atoms with Crippen molar-refractivity contribution in [3.05, 3.63) is 0 Å². The molecule has 0 bridgehead atoms. The Kier molecular flexibility index (Phi) is 4.09. The van der Waals surface area contributed by atoms with Crippen molar-refractivity contribution < 1.29 is 5.11 Å². The third kappa shape index (κ3) is 2.66. The highest BCUT2D eigenvalue weighted by Gasteiger charge is 2.59. The molecule has 25 heavy (non-hydrogen) atoms. The van der Waals surface area contributed by atoms with E-state index in [9.17, 15) is 5.11 Å². The molecule has 0 saturated heterocycles. The molecule has 5 aliphatic rings. The van der Waals surface area contributed by atoms with Crippen molar-refractivity contribution in [1.29, 1.82) is 0 Å². The Morgan fingerprint density at radius 2 is 1.52 bits per heavy atom. The first kappa shape index (κ1) is 17.1. The van der Waals surface area contributed by atoms with Crippen molar-refractivity contribution in [1.82, 2.24) is 0 Å². The fraction of sp³-hybridized carbons (Fsp3) is 1.00. The molecule has 0 aliphatic heterocycles. The van der Waals surface area contributed by atoms with Crippen LogP contribution in [0, 0.1) is 46.3 Å². The van der Waals surface area contributed by atoms with Gasteiger partial charge in [-0.05, 0) is 111 Å². The molecular weight excluding hydrogens is 304 g/mol. The number of aliphatic hydroxyl groups excluding tert-OH is 1. The second kappa shape index (κ2) is 5.98. The van der Waals surface area contributed by atoms with E-state index in [2.05, 4.69) is 13.8 Å². The van der Waals surface area contributed by atoms with Gasteiger partial charge < -0.3 is 5.11 Å². The number of aliphatic hydroxyl groups is 1. The van der Waals surface area contributed by atoms with Gasteiger partial charge >= 0.3 is 0 Å². The summed E-state index contributed by atoms with van der Waals surface area (Å²) in [6, 6.07) is 0. The first-order valence-electron chi connectivity index (χ1n) is 11.7. The predicted molar refractivity (Wildman–Crippen MR) is 103 cm³/mol. The van der Waals surface area contributed by atoms with E-state index in [0.717, 1.165) is 48.3 Å². The van der Waals surface area contributed by atoms with Gasteiger partial charge in [0.05, 0.1) is 6.10 Å². The molecule has 0 aromatic rings. The van der Waals surface area contributed by atoms with Crippen LogP contribution in [0.2, 0.25) is 0 Å². The van der Waals surface area contributed by atoms with E-state index in [-0.39, 0.29) is 6.10 Å². The van der Waals surface area contributed by atoms with Gasteiger partial charge in [0.25, 0.3) is 0 Å². The summed E-state index contributed by atoms with van der Waals surface area (Å²) in [4.78, 5) is 0. The first-order chi connectivity index (χ1) is 12.0. The zero-order valence-corrected chi connectivity index (χ0v) is 16.7. The Labute approximate surface area is 155 Å². The number of hydrogen-bond donors (Lipinski definition) is 1. The maximum atomic E-state index is 10.2. The quantitative estimate of drug-likeness (QED) is 0.646. The average molecular weight is 345 g/mol. The summed E-state index contributed by atoms with van der Waals surface area (Å²) in [6.45, 7) is 5.33. The summed E-state index contributed by atoms with van der Waals surface area (Å²) in [5.74, 6) is 5.98. The summed E-state index contributed by atoms with van der Waals surface area (Å²) >= 11 is 0. The van der Waals surface area contributed by atoms with E-state index < -0.39 is 0 Å². The Bertz CT molecular complexity index is 510. The van der Waals surface area contributed by atoms with Gasteiger partial charge in [-0.1, -0.05) is 33.1 Å². The van der Waals surface area contributed by atoms with E-state index in [1.54, 1.807) is 12.8 Å². The number of rotatable bonds is 3. The fourth-order valence-corrected chi connectivity index (χ4v) is 8.66. The Morgan fingerprint density at radius 3 is 2.32 bits per heavy atom. The lowest BCUT2D eigenvalue weighted by Crippen LogP contribution is -2.53. The minimum Gasteiger partial charge on any atom is -0.393 e. The summed E-state index contributed by atoms with van der Waals surface area (Å²) in [5.41, 5.74) is 1.23. The first-order valence-corrected chi connectivity index (χ1v) is 11.7. The summed E-state index contributed by atoms with van der Waals surface area (Å²) < 4.78 is 0. The molecule has 4 unspecified atom stereocenters. The summed E-state index contributed by atoms with van der Waals surface area (Å²) in [5, 5.41) is 10.2. The molecule has 1 nitrogen and oxygen atoms in total. The van der Waals surface area contributed by atoms with Crippen molar-refractivity contribution in [2.45, 2.75) is 103 Å². The molecule has 0 amide bonds. The average Bonchev–Trinajstić information content (AvgIpc) is 3.35. The van der Waals surface area contributed by atoms with Gasteiger partial charge in [-0.15, -0.1) is 0 Å². The minimum atomic E-state index is 0.00164. The Hall–Kier alpha value is -0.0400. The normalized spacial score (nSPS) is 55.3. The van der Waals surface area contributed by atoms with Gasteiger partial charge in [0.1, 0.15) is 0 Å². The van der Waals surface area contributed by atoms with Crippen LogP contribution in [-0.4, -0.2) is 11.2 Å². The molecule has 0 spiro atoms. The van der Waals surface area contributed by atoms with Gasteiger partial charge in [0.15, 0.2) is 0 Å². The highest BCUT2D eigenvalue weighted by atomic mass is 16.3. The topological polar surface area (TPSA) is 20.2 Å². The Balaban J connectivity index is 1.34. The van der Waals surface area contributed by atoms with Crippen LogP contribution in [0.3, 0.4) is 0 Å². The molecule has 0 heterocycles. The van der Waals surface area contributed by atoms with E-state index in [1.807, 2.05) is 0 Å². The SMILES string of the molecule is CC12CCC3[C@@H](CCC4C[C@@H](O)CC[C@@]43C)C1CC[C@@H]2CCC1CC1. The maximum Gasteiger partial charge on any atom is 0.0543 e. The predicted octanol–water partition coefficient (Wildman–Crippen LogP) is 6.20. The van der Waals surface area contributed by atoms with Crippen LogP contribution in [0.25, 0.3) is 0 Å². The van der Waals surface area contributed by atoms with Crippen LogP contribution in [0.1, 0.15) is 97.3 Å². The highest BCUT2D eigenvalue weighted by Crippen LogP contribution is 2.68. The van der Waals surface area contributed by atoms with E-state index >= 15 is 0 Å². The number of fused-ring (bicyclic) bond motifs is 5. The largest absolute Gasteiger partial charge is 0.393 e. The third-order valence-corrected chi connectivity index (χ3v) is 10.5. The fourth-order valence-electron chi connectivity index (χ4n) is 8.66. The van der Waals surface area contributed by atoms with Crippen molar-refractivity contribution in [2.24, 2.45) is 46.3 Å². The van der Waals surface area contributed by atoms with Crippen molar-refractivity contribution in [3.8, 4) is 0 Å². The minimum absolute atomic E-state index is 0.00164. The molecule has 5 saturated carbocycles. The van der Waals surface area contributed by atoms with Crippen LogP contribution in [-0.2, 0) is 0 Å². The van der Waals surface area contributed by atoms with Gasteiger partial charge in [-0.2, -0.15) is 0 Å². The number of hydrogen-bond acceptors (Lipinski definition) is 1. The molecule has 5 aliphatic carbocycles. The van der Waals surface area contributed by atoms with Gasteiger partial charge in [-0.25, -0.2) is 0 Å². The van der Waals surface area contributed by atoms with Gasteiger partial charge in [0.2, 0.25) is 0 Å². The van der Waals surface area contributed by atoms with Crippen molar-refractivity contribution >= 4 is 0 Å². The van der Waals surface area contributed by atoms with Crippen LogP contribution in [0.5, 0.6) is 0 Å². The molecule has 0 radical (unpaired) electrons. The summed E-state index contributed by atoms with van der Waals surface area (Å²) in [7, 11) is 0. The smallest absolute Gasteiger partial charge is 0.0543 e. The standard InChI is InChI=1S/C24H40O/c1-23-14-12-22-20(9-7-18-15-19(25)11-13-24(18,22)2)21(23)10-8-17(23)6-5-16-3-4-16/h16-22,25H,3-15H2,1-2H3/t17-,18?,19-,20-,21?,22?,23?,24-/m0/s1. The molecule has 0 aromatic carbocycles. The lowest BCUT2D eigenvalue weighted by Gasteiger charge is -2.61. The molecule has 5 rings (SSSR count). The van der Waals surface area contributed by atoms with E-state index in [0.29, 0.717) is 10.8 Å². The lowest BCUT2D eigenvalue weighted by molar-refractivity contribution is -0.127. The molecule has 0 aromatic heterocycles. The van der Waals surface area contributed by atoms with Crippen LogP contribution < -0.4 is 0 Å². The third-order valence-electron chi connectivity index (χ3n) is 10.5. The zero-order chi connectivity index (χ0) is 17.2. The molecule has 142 valence electrons. The second-order valence-corrected chi connectivity index (χ2v) is 11.4. The van der Waals surface area contributed by atoms with Crippen molar-refractivity contribution in [2.75, 3.05) is 0 Å². The highest BCUT2D eigenvalue weighted by molar-refractivity contribution is 5.09. The lowest BCUT2D eigenvalue weighted by atomic mass is 9.44. The van der Waals surface area contributed by atoms with Gasteiger partial charge in [0, 0.05) is 0 Å². The van der Waals surface area contributed by atoms with Crippen molar-refractivity contribution in [3.63, 3.8) is 0 Å². The van der Waals surface area contributed by atoms with Crippen LogP contribution in [0.15, 0.2) is 0 Å². The molecule has 1 N–H and O–H groups in total. The second-order valence-electron chi connectivity index (χ2n) is 11.4. The summed E-state index contributed by atoms with van der Waals surface area (Å²) in [6.07, 6.45) is 18.6. The monoisotopic (exact) mass is 344 g/mol. The zero-order valence-electron chi connectivity index (χ0n) is 16.7. The van der Waals surface area contributed by atoms with E-state index in [1.165, 1.54) is 57.8 Å². The molecular formula is C24H40O. The van der Waals surface area contributed by atoms with Crippen LogP contribution >= 0.6 is 0 Å². The van der Waals surface area contributed by atoms with Gasteiger partial charge in [-0.3, -0.25) is 0 Å². The molecule has 1 heteroatoms. The molecule has 8 atom stereocenters. The van der Waals surface area contributed by atoms with Crippen LogP contribution in [0.4, 0.5) is 0 Å². The maximum absolute atomic E-state index is 10.2. The molecule has 5 fully saturated rings.